The number of fused-ring (bicyclic) bond motifs is 5. The van der Waals surface area contributed by atoms with Crippen molar-refractivity contribution in [3.63, 3.8) is 0 Å². The molecule has 0 aliphatic heterocycles. The molecule has 43 heavy (non-hydrogen) atoms. The van der Waals surface area contributed by atoms with Crippen molar-refractivity contribution in [2.24, 2.45) is 23.7 Å². The van der Waals surface area contributed by atoms with Gasteiger partial charge >= 0.3 is 0 Å². The summed E-state index contributed by atoms with van der Waals surface area (Å²) in [5, 5.41) is 5.16. The molecule has 0 saturated heterocycles. The van der Waals surface area contributed by atoms with Crippen LogP contribution in [0.3, 0.4) is 0 Å². The van der Waals surface area contributed by atoms with Gasteiger partial charge in [0.15, 0.2) is 0 Å². The zero-order chi connectivity index (χ0) is 28.1. The first-order valence-corrected chi connectivity index (χ1v) is 16.3. The van der Waals surface area contributed by atoms with Crippen molar-refractivity contribution in [1.82, 2.24) is 0 Å². The summed E-state index contributed by atoms with van der Waals surface area (Å²) in [6, 6.07) is 48.2. The van der Waals surface area contributed by atoms with Crippen molar-refractivity contribution in [2.45, 2.75) is 37.5 Å². The minimum Gasteiger partial charge on any atom is -0.309 e. The highest BCUT2D eigenvalue weighted by molar-refractivity contribution is 6.06. The molecular weight excluding hydrogens is 518 g/mol. The van der Waals surface area contributed by atoms with E-state index in [2.05, 4.69) is 132 Å². The highest BCUT2D eigenvalue weighted by atomic mass is 15.2. The third kappa shape index (κ3) is 3.18. The molecule has 6 aromatic carbocycles. The lowest BCUT2D eigenvalue weighted by molar-refractivity contribution is -0.0397. The van der Waals surface area contributed by atoms with E-state index < -0.39 is 0 Å². The summed E-state index contributed by atoms with van der Waals surface area (Å²) >= 11 is 0. The average Bonchev–Trinajstić information content (AvgIpc) is 3.35. The van der Waals surface area contributed by atoms with Crippen LogP contribution < -0.4 is 4.90 Å². The topological polar surface area (TPSA) is 3.24 Å². The SMILES string of the molecule is c1ccc2c(c1)-c1cccc(N(c3cccc4ccccc34)c3cccc4ccccc34)c1C21C2CC3CC(C2)CC1C3. The molecule has 1 heteroatoms. The molecule has 11 rings (SSSR count). The third-order valence-electron chi connectivity index (χ3n) is 11.8. The zero-order valence-corrected chi connectivity index (χ0v) is 24.4. The van der Waals surface area contributed by atoms with Gasteiger partial charge in [-0.2, -0.15) is 0 Å². The van der Waals surface area contributed by atoms with Crippen molar-refractivity contribution in [3.8, 4) is 11.1 Å². The maximum Gasteiger partial charge on any atom is 0.0540 e. The molecule has 0 N–H and O–H groups in total. The number of nitrogens with zero attached hydrogens (tertiary/aromatic N) is 1. The van der Waals surface area contributed by atoms with Gasteiger partial charge in [-0.1, -0.05) is 109 Å². The molecule has 4 fully saturated rings. The van der Waals surface area contributed by atoms with Crippen LogP contribution in [0.25, 0.3) is 32.7 Å². The molecule has 0 heterocycles. The lowest BCUT2D eigenvalue weighted by Crippen LogP contribution is -2.55. The van der Waals surface area contributed by atoms with Gasteiger partial charge in [0.2, 0.25) is 0 Å². The number of anilines is 3. The van der Waals surface area contributed by atoms with Gasteiger partial charge in [0, 0.05) is 16.2 Å². The van der Waals surface area contributed by atoms with Crippen LogP contribution in [0, 0.1) is 23.7 Å². The summed E-state index contributed by atoms with van der Waals surface area (Å²) < 4.78 is 0. The molecule has 0 atom stereocenters. The van der Waals surface area contributed by atoms with Crippen LogP contribution in [0.4, 0.5) is 17.1 Å². The number of rotatable bonds is 3. The Balaban J connectivity index is 1.33. The summed E-state index contributed by atoms with van der Waals surface area (Å²) in [6.07, 6.45) is 7.02. The van der Waals surface area contributed by atoms with Crippen molar-refractivity contribution >= 4 is 38.6 Å². The summed E-state index contributed by atoms with van der Waals surface area (Å²) in [7, 11) is 0. The van der Waals surface area contributed by atoms with Crippen LogP contribution in [0.5, 0.6) is 0 Å². The van der Waals surface area contributed by atoms with E-state index in [1.54, 1.807) is 11.1 Å². The van der Waals surface area contributed by atoms with Crippen molar-refractivity contribution in [3.05, 3.63) is 139 Å². The van der Waals surface area contributed by atoms with Gasteiger partial charge in [-0.3, -0.25) is 0 Å². The molecule has 5 aliphatic carbocycles. The Kier molecular flexibility index (Phi) is 4.95. The zero-order valence-electron chi connectivity index (χ0n) is 24.4. The molecule has 4 saturated carbocycles. The standard InChI is InChI=1S/C42H35N/c1-3-14-33-29(10-1)12-7-19-38(33)43(39-20-8-13-30-11-2-4-15-34(30)39)40-21-9-17-36-35-16-5-6-18-37(35)42(41(36)40)31-23-27-22-28(25-31)26-32(42)24-27/h1-21,27-28,31-32H,22-26H2. The first-order chi connectivity index (χ1) is 21.3. The van der Waals surface area contributed by atoms with Gasteiger partial charge < -0.3 is 4.90 Å². The van der Waals surface area contributed by atoms with Crippen molar-refractivity contribution < 1.29 is 0 Å². The fourth-order valence-corrected chi connectivity index (χ4v) is 10.6. The highest BCUT2D eigenvalue weighted by Gasteiger charge is 2.62. The van der Waals surface area contributed by atoms with E-state index >= 15 is 0 Å². The molecule has 5 aliphatic rings. The Hall–Kier alpha value is -4.36. The van der Waals surface area contributed by atoms with E-state index in [1.165, 1.54) is 81.8 Å². The lowest BCUT2D eigenvalue weighted by atomic mass is 9.43. The van der Waals surface area contributed by atoms with E-state index in [-0.39, 0.29) is 5.41 Å². The van der Waals surface area contributed by atoms with Crippen LogP contribution in [0.15, 0.2) is 127 Å². The molecule has 0 aromatic heterocycles. The Bertz CT molecular complexity index is 1950. The second-order valence-electron chi connectivity index (χ2n) is 13.8. The number of hydrogen-bond donors (Lipinski definition) is 0. The van der Waals surface area contributed by atoms with E-state index in [0.717, 1.165) is 11.8 Å². The molecule has 6 aromatic rings. The van der Waals surface area contributed by atoms with Gasteiger partial charge in [0.25, 0.3) is 0 Å². The minimum atomic E-state index is 0.0867. The number of hydrogen-bond acceptors (Lipinski definition) is 1. The summed E-state index contributed by atoms with van der Waals surface area (Å²) in [6.45, 7) is 0. The predicted octanol–water partition coefficient (Wildman–Crippen LogP) is 11.2. The van der Waals surface area contributed by atoms with E-state index in [1.807, 2.05) is 0 Å². The molecular formula is C42H35N. The summed E-state index contributed by atoms with van der Waals surface area (Å²) in [5.74, 6) is 3.27. The smallest absolute Gasteiger partial charge is 0.0540 e. The van der Waals surface area contributed by atoms with Gasteiger partial charge in [-0.25, -0.2) is 0 Å². The molecule has 0 amide bonds. The van der Waals surface area contributed by atoms with Gasteiger partial charge in [-0.05, 0) is 107 Å². The van der Waals surface area contributed by atoms with E-state index in [9.17, 15) is 0 Å². The molecule has 0 unspecified atom stereocenters. The van der Waals surface area contributed by atoms with Crippen LogP contribution >= 0.6 is 0 Å². The Morgan fingerprint density at radius 2 is 0.930 bits per heavy atom. The second kappa shape index (κ2) is 8.83. The first kappa shape index (κ1) is 24.1. The van der Waals surface area contributed by atoms with Crippen LogP contribution in [0.2, 0.25) is 0 Å². The second-order valence-corrected chi connectivity index (χ2v) is 13.8. The maximum absolute atomic E-state index is 2.64. The van der Waals surface area contributed by atoms with Gasteiger partial charge in [0.1, 0.15) is 0 Å². The highest BCUT2D eigenvalue weighted by Crippen LogP contribution is 2.71. The lowest BCUT2D eigenvalue weighted by Gasteiger charge is -2.61. The van der Waals surface area contributed by atoms with Crippen molar-refractivity contribution in [2.75, 3.05) is 4.90 Å². The normalized spacial score (nSPS) is 26.2. The molecule has 208 valence electrons. The Morgan fingerprint density at radius 1 is 0.442 bits per heavy atom. The van der Waals surface area contributed by atoms with Crippen LogP contribution in [0.1, 0.15) is 43.2 Å². The first-order valence-electron chi connectivity index (χ1n) is 16.3. The molecule has 1 spiro atoms. The molecule has 0 radical (unpaired) electrons. The summed E-state index contributed by atoms with van der Waals surface area (Å²) in [4.78, 5) is 2.64. The quantitative estimate of drug-likeness (QED) is 0.211. The average molecular weight is 554 g/mol. The largest absolute Gasteiger partial charge is 0.309 e. The summed E-state index contributed by atoms with van der Waals surface area (Å²) in [5.41, 5.74) is 10.1. The van der Waals surface area contributed by atoms with Crippen LogP contribution in [-0.2, 0) is 5.41 Å². The maximum atomic E-state index is 2.64. The molecule has 1 nitrogen and oxygen atoms in total. The fourth-order valence-electron chi connectivity index (χ4n) is 10.6. The van der Waals surface area contributed by atoms with E-state index in [4.69, 9.17) is 0 Å². The van der Waals surface area contributed by atoms with Gasteiger partial charge in [0.05, 0.1) is 17.1 Å². The minimum absolute atomic E-state index is 0.0867. The van der Waals surface area contributed by atoms with Crippen LogP contribution in [-0.4, -0.2) is 0 Å². The number of benzene rings is 6. The predicted molar refractivity (Wildman–Crippen MR) is 179 cm³/mol. The van der Waals surface area contributed by atoms with Gasteiger partial charge in [-0.15, -0.1) is 0 Å². The van der Waals surface area contributed by atoms with Crippen molar-refractivity contribution in [1.29, 1.82) is 0 Å². The third-order valence-corrected chi connectivity index (χ3v) is 11.8. The van der Waals surface area contributed by atoms with E-state index in [0.29, 0.717) is 11.8 Å². The Labute approximate surface area is 253 Å². The Morgan fingerprint density at radius 3 is 1.58 bits per heavy atom. The molecule has 4 bridgehead atoms. The monoisotopic (exact) mass is 553 g/mol. The fraction of sp³-hybridized carbons (Fsp3) is 0.238.